The molecule has 27 heavy (non-hydrogen) atoms. The largest absolute Gasteiger partial charge is 0.360 e. The molecule has 4 rings (SSSR count). The molecule has 0 radical (unpaired) electrons. The van der Waals surface area contributed by atoms with Crippen molar-refractivity contribution in [1.29, 1.82) is 0 Å². The average Bonchev–Trinajstić information content (AvgIpc) is 2.73. The summed E-state index contributed by atoms with van der Waals surface area (Å²) in [6.07, 6.45) is 3.22. The zero-order valence-electron chi connectivity index (χ0n) is 15.6. The Labute approximate surface area is 160 Å². The van der Waals surface area contributed by atoms with Gasteiger partial charge in [0.15, 0.2) is 0 Å². The van der Waals surface area contributed by atoms with E-state index in [2.05, 4.69) is 48.6 Å². The van der Waals surface area contributed by atoms with Gasteiger partial charge in [0.2, 0.25) is 0 Å². The lowest BCUT2D eigenvalue weighted by atomic mass is 10.0. The van der Waals surface area contributed by atoms with Crippen LogP contribution in [0.5, 0.6) is 0 Å². The van der Waals surface area contributed by atoms with Gasteiger partial charge in [-0.25, -0.2) is 0 Å². The lowest BCUT2D eigenvalue weighted by molar-refractivity contribution is 0.0975. The Morgan fingerprint density at radius 3 is 2.33 bits per heavy atom. The second kappa shape index (κ2) is 7.67. The number of carbonyl (C=O) groups is 1. The molecule has 3 heteroatoms. The summed E-state index contributed by atoms with van der Waals surface area (Å²) in [5.41, 5.74) is 4.88. The number of fused-ring (bicyclic) bond motifs is 1. The van der Waals surface area contributed by atoms with Gasteiger partial charge in [0, 0.05) is 11.4 Å². The van der Waals surface area contributed by atoms with Gasteiger partial charge in [-0.1, -0.05) is 67.9 Å². The molecule has 0 spiro atoms. The van der Waals surface area contributed by atoms with Gasteiger partial charge in [-0.3, -0.25) is 9.69 Å². The Morgan fingerprint density at radius 2 is 1.59 bits per heavy atom. The number of unbranched alkanes of at least 4 members (excludes halogenated alkanes) is 1. The van der Waals surface area contributed by atoms with Crippen LogP contribution in [0, 0.1) is 0 Å². The summed E-state index contributed by atoms with van der Waals surface area (Å²) >= 11 is 0. The van der Waals surface area contributed by atoms with Crippen LogP contribution in [0.1, 0.15) is 47.4 Å². The zero-order chi connectivity index (χ0) is 18.6. The van der Waals surface area contributed by atoms with Crippen LogP contribution in [0.2, 0.25) is 0 Å². The third-order valence-corrected chi connectivity index (χ3v) is 5.08. The maximum absolute atomic E-state index is 13.3. The van der Waals surface area contributed by atoms with E-state index in [1.165, 1.54) is 18.4 Å². The van der Waals surface area contributed by atoms with Gasteiger partial charge in [-0.15, -0.1) is 0 Å². The fourth-order valence-corrected chi connectivity index (χ4v) is 3.59. The molecular weight excluding hydrogens is 332 g/mol. The Kier molecular flexibility index (Phi) is 4.93. The monoisotopic (exact) mass is 356 g/mol. The molecule has 0 fully saturated rings. The van der Waals surface area contributed by atoms with Crippen molar-refractivity contribution in [3.63, 3.8) is 0 Å². The van der Waals surface area contributed by atoms with Gasteiger partial charge in [-0.05, 0) is 48.2 Å². The van der Waals surface area contributed by atoms with E-state index >= 15 is 0 Å². The first kappa shape index (κ1) is 17.3. The molecule has 1 unspecified atom stereocenters. The molecule has 0 saturated heterocycles. The van der Waals surface area contributed by atoms with Crippen molar-refractivity contribution in [2.24, 2.45) is 0 Å². The molecule has 3 aromatic rings. The van der Waals surface area contributed by atoms with Crippen LogP contribution in [0.15, 0.2) is 78.9 Å². The molecule has 1 atom stereocenters. The SMILES string of the molecule is CCCCc1ccc(N2C(=O)c3ccccc3NC2c2ccccc2)cc1. The Bertz CT molecular complexity index is 919. The Balaban J connectivity index is 1.74. The van der Waals surface area contributed by atoms with Crippen molar-refractivity contribution in [2.45, 2.75) is 32.4 Å². The van der Waals surface area contributed by atoms with Gasteiger partial charge in [-0.2, -0.15) is 0 Å². The van der Waals surface area contributed by atoms with Crippen LogP contribution in [-0.2, 0) is 6.42 Å². The molecule has 1 aliphatic heterocycles. The maximum Gasteiger partial charge on any atom is 0.262 e. The summed E-state index contributed by atoms with van der Waals surface area (Å²) in [6, 6.07) is 26.3. The van der Waals surface area contributed by atoms with E-state index in [1.807, 2.05) is 47.4 Å². The third-order valence-electron chi connectivity index (χ3n) is 5.08. The molecule has 136 valence electrons. The predicted octanol–water partition coefficient (Wildman–Crippen LogP) is 5.80. The molecule has 0 bridgehead atoms. The zero-order valence-corrected chi connectivity index (χ0v) is 15.6. The third kappa shape index (κ3) is 3.45. The Morgan fingerprint density at radius 1 is 0.889 bits per heavy atom. The molecule has 0 aliphatic carbocycles. The van der Waals surface area contributed by atoms with Crippen LogP contribution in [0.3, 0.4) is 0 Å². The summed E-state index contributed by atoms with van der Waals surface area (Å²) in [5.74, 6) is 0.0273. The summed E-state index contributed by atoms with van der Waals surface area (Å²) in [4.78, 5) is 15.2. The van der Waals surface area contributed by atoms with Crippen LogP contribution in [0.25, 0.3) is 0 Å². The van der Waals surface area contributed by atoms with Crippen molar-refractivity contribution in [3.05, 3.63) is 95.6 Å². The first-order chi connectivity index (χ1) is 13.3. The molecule has 3 aromatic carbocycles. The average molecular weight is 356 g/mol. The van der Waals surface area contributed by atoms with Crippen molar-refractivity contribution in [3.8, 4) is 0 Å². The number of nitrogens with one attached hydrogen (secondary N) is 1. The van der Waals surface area contributed by atoms with E-state index in [1.54, 1.807) is 0 Å². The molecule has 1 heterocycles. The minimum absolute atomic E-state index is 0.0273. The standard InChI is InChI=1S/C24H24N2O/c1-2-3-9-18-14-16-20(17-15-18)26-23(19-10-5-4-6-11-19)25-22-13-8-7-12-21(22)24(26)27/h4-8,10-17,23,25H,2-3,9H2,1H3. The quantitative estimate of drug-likeness (QED) is 0.626. The lowest BCUT2D eigenvalue weighted by Crippen LogP contribution is -2.43. The molecule has 3 nitrogen and oxygen atoms in total. The fraction of sp³-hybridized carbons (Fsp3) is 0.208. The number of nitrogens with zero attached hydrogens (tertiary/aromatic N) is 1. The van der Waals surface area contributed by atoms with E-state index < -0.39 is 0 Å². The van der Waals surface area contributed by atoms with Crippen LogP contribution >= 0.6 is 0 Å². The minimum Gasteiger partial charge on any atom is -0.360 e. The molecule has 0 saturated carbocycles. The highest BCUT2D eigenvalue weighted by Crippen LogP contribution is 2.36. The minimum atomic E-state index is -0.227. The summed E-state index contributed by atoms with van der Waals surface area (Å²) in [6.45, 7) is 2.20. The highest BCUT2D eigenvalue weighted by molar-refractivity contribution is 6.12. The maximum atomic E-state index is 13.3. The van der Waals surface area contributed by atoms with Gasteiger partial charge >= 0.3 is 0 Å². The van der Waals surface area contributed by atoms with Crippen LogP contribution in [-0.4, -0.2) is 5.91 Å². The number of hydrogen-bond acceptors (Lipinski definition) is 2. The van der Waals surface area contributed by atoms with E-state index in [4.69, 9.17) is 0 Å². The Hall–Kier alpha value is -3.07. The van der Waals surface area contributed by atoms with Crippen LogP contribution < -0.4 is 10.2 Å². The smallest absolute Gasteiger partial charge is 0.262 e. The predicted molar refractivity (Wildman–Crippen MR) is 111 cm³/mol. The molecule has 1 amide bonds. The molecule has 0 aromatic heterocycles. The van der Waals surface area contributed by atoms with Gasteiger partial charge < -0.3 is 5.32 Å². The van der Waals surface area contributed by atoms with Crippen LogP contribution in [0.4, 0.5) is 11.4 Å². The summed E-state index contributed by atoms with van der Waals surface area (Å²) in [7, 11) is 0. The van der Waals surface area contributed by atoms with E-state index in [0.717, 1.165) is 23.4 Å². The highest BCUT2D eigenvalue weighted by Gasteiger charge is 2.33. The van der Waals surface area contributed by atoms with Gasteiger partial charge in [0.1, 0.15) is 6.17 Å². The molecule has 1 N–H and O–H groups in total. The molecule has 1 aliphatic rings. The van der Waals surface area contributed by atoms with E-state index in [0.29, 0.717) is 5.56 Å². The van der Waals surface area contributed by atoms with Gasteiger partial charge in [0.25, 0.3) is 5.91 Å². The number of anilines is 2. The summed E-state index contributed by atoms with van der Waals surface area (Å²) in [5, 5.41) is 3.55. The topological polar surface area (TPSA) is 32.3 Å². The van der Waals surface area contributed by atoms with Crippen molar-refractivity contribution >= 4 is 17.3 Å². The number of para-hydroxylation sites is 1. The van der Waals surface area contributed by atoms with E-state index in [9.17, 15) is 4.79 Å². The number of carbonyl (C=O) groups excluding carboxylic acids is 1. The number of hydrogen-bond donors (Lipinski definition) is 1. The number of amides is 1. The first-order valence-electron chi connectivity index (χ1n) is 9.61. The lowest BCUT2D eigenvalue weighted by Gasteiger charge is -2.38. The van der Waals surface area contributed by atoms with Crippen molar-refractivity contribution in [1.82, 2.24) is 0 Å². The summed E-state index contributed by atoms with van der Waals surface area (Å²) < 4.78 is 0. The van der Waals surface area contributed by atoms with Crippen molar-refractivity contribution < 1.29 is 4.79 Å². The fourth-order valence-electron chi connectivity index (χ4n) is 3.59. The second-order valence-corrected chi connectivity index (χ2v) is 6.95. The van der Waals surface area contributed by atoms with Gasteiger partial charge in [0.05, 0.1) is 5.56 Å². The number of benzene rings is 3. The van der Waals surface area contributed by atoms with E-state index in [-0.39, 0.29) is 12.1 Å². The van der Waals surface area contributed by atoms with Crippen molar-refractivity contribution in [2.75, 3.05) is 10.2 Å². The first-order valence-corrected chi connectivity index (χ1v) is 9.61. The molecular formula is C24H24N2O. The normalized spacial score (nSPS) is 16.0. The second-order valence-electron chi connectivity index (χ2n) is 6.95. The highest BCUT2D eigenvalue weighted by atomic mass is 16.2. The number of rotatable bonds is 5. The number of aryl methyl sites for hydroxylation is 1.